The van der Waals surface area contributed by atoms with Gasteiger partial charge in [0.2, 0.25) is 5.91 Å². The number of fused-ring (bicyclic) bond motifs is 1. The topological polar surface area (TPSA) is 46.1 Å². The van der Waals surface area contributed by atoms with Crippen LogP contribution in [0.5, 0.6) is 0 Å². The quantitative estimate of drug-likeness (QED) is 0.289. The number of hydrogen-bond donors (Lipinski definition) is 0. The van der Waals surface area contributed by atoms with E-state index in [1.807, 2.05) is 43.3 Å². The molecule has 0 unspecified atom stereocenters. The van der Waals surface area contributed by atoms with E-state index in [4.69, 9.17) is 16.6 Å². The Morgan fingerprint density at radius 2 is 1.81 bits per heavy atom. The summed E-state index contributed by atoms with van der Waals surface area (Å²) >= 11 is 9.59. The molecule has 0 fully saturated rings. The number of thiazole rings is 1. The lowest BCUT2D eigenvalue weighted by Gasteiger charge is -2.20. The van der Waals surface area contributed by atoms with Gasteiger partial charge in [-0.25, -0.2) is 4.98 Å². The van der Waals surface area contributed by atoms with Crippen LogP contribution in [-0.2, 0) is 17.8 Å². The van der Waals surface area contributed by atoms with Crippen LogP contribution in [0.3, 0.4) is 0 Å². The molecule has 1 amide bonds. The van der Waals surface area contributed by atoms with Gasteiger partial charge in [-0.1, -0.05) is 42.0 Å². The molecule has 158 valence electrons. The first kappa shape index (κ1) is 21.8. The van der Waals surface area contributed by atoms with Crippen LogP contribution in [0.15, 0.2) is 65.8 Å². The zero-order valence-electron chi connectivity index (χ0n) is 17.3. The number of rotatable bonds is 7. The minimum Gasteiger partial charge on any atom is -0.283 e. The van der Waals surface area contributed by atoms with Gasteiger partial charge in [-0.05, 0) is 65.8 Å². The van der Waals surface area contributed by atoms with Crippen LogP contribution in [0.4, 0.5) is 5.13 Å². The first-order valence-electron chi connectivity index (χ1n) is 10.0. The minimum atomic E-state index is 0.00973. The molecule has 0 saturated carbocycles. The van der Waals surface area contributed by atoms with Crippen molar-refractivity contribution in [2.24, 2.45) is 0 Å². The van der Waals surface area contributed by atoms with Crippen molar-refractivity contribution in [1.82, 2.24) is 9.97 Å². The van der Waals surface area contributed by atoms with Gasteiger partial charge in [-0.15, -0.1) is 11.8 Å². The van der Waals surface area contributed by atoms with E-state index in [2.05, 4.69) is 24.0 Å². The molecular formula is C24H22ClN3OS2. The van der Waals surface area contributed by atoms with Crippen molar-refractivity contribution >= 4 is 56.0 Å². The van der Waals surface area contributed by atoms with Crippen molar-refractivity contribution in [1.29, 1.82) is 0 Å². The number of thioether (sulfide) groups is 1. The van der Waals surface area contributed by atoms with Gasteiger partial charge >= 0.3 is 0 Å². The summed E-state index contributed by atoms with van der Waals surface area (Å²) < 4.78 is 1.02. The van der Waals surface area contributed by atoms with Gasteiger partial charge in [0.05, 0.1) is 23.2 Å². The maximum atomic E-state index is 13.4. The first-order valence-corrected chi connectivity index (χ1v) is 12.2. The van der Waals surface area contributed by atoms with E-state index in [1.165, 1.54) is 16.2 Å². The normalized spacial score (nSPS) is 11.1. The number of pyridine rings is 1. The molecule has 2 aromatic carbocycles. The smallest absolute Gasteiger partial charge is 0.233 e. The van der Waals surface area contributed by atoms with Crippen molar-refractivity contribution in [3.05, 3.63) is 82.6 Å². The Labute approximate surface area is 195 Å². The summed E-state index contributed by atoms with van der Waals surface area (Å²) in [4.78, 5) is 25.3. The molecule has 4 nitrogen and oxygen atoms in total. The van der Waals surface area contributed by atoms with Crippen molar-refractivity contribution in [2.75, 3.05) is 10.7 Å². The molecule has 7 heteroatoms. The van der Waals surface area contributed by atoms with E-state index >= 15 is 0 Å². The molecular weight excluding hydrogens is 446 g/mol. The third-order valence-electron chi connectivity index (χ3n) is 4.95. The number of hydrogen-bond acceptors (Lipinski definition) is 5. The molecule has 4 aromatic rings. The van der Waals surface area contributed by atoms with Crippen LogP contribution in [0.1, 0.15) is 23.6 Å². The Bertz CT molecular complexity index is 1190. The monoisotopic (exact) mass is 467 g/mol. The molecule has 2 aromatic heterocycles. The van der Waals surface area contributed by atoms with Gasteiger partial charge in [0.15, 0.2) is 5.13 Å². The van der Waals surface area contributed by atoms with Crippen LogP contribution in [-0.4, -0.2) is 21.6 Å². The number of amides is 1. The van der Waals surface area contributed by atoms with Gasteiger partial charge in [0, 0.05) is 22.3 Å². The second-order valence-electron chi connectivity index (χ2n) is 7.10. The summed E-state index contributed by atoms with van der Waals surface area (Å²) in [5.74, 6) is 1.04. The highest BCUT2D eigenvalue weighted by Crippen LogP contribution is 2.34. The summed E-state index contributed by atoms with van der Waals surface area (Å²) in [7, 11) is 0. The number of benzene rings is 2. The standard InChI is InChI=1S/C24H22ClN3OS2/c1-3-30-19-6-4-17(5-7-19)14-22(29)28(15-18-10-12-26-13-11-18)24-27-23-16(2)20(25)8-9-21(23)31-24/h4-13H,3,14-15H2,1-2H3. The Kier molecular flexibility index (Phi) is 6.90. The van der Waals surface area contributed by atoms with Crippen molar-refractivity contribution in [3.63, 3.8) is 0 Å². The highest BCUT2D eigenvalue weighted by Gasteiger charge is 2.21. The zero-order valence-corrected chi connectivity index (χ0v) is 19.7. The number of aromatic nitrogens is 2. The molecule has 0 N–H and O–H groups in total. The van der Waals surface area contributed by atoms with Crippen molar-refractivity contribution in [2.45, 2.75) is 31.7 Å². The highest BCUT2D eigenvalue weighted by atomic mass is 35.5. The molecule has 4 rings (SSSR count). The van der Waals surface area contributed by atoms with Gasteiger partial charge in [0.1, 0.15) is 0 Å². The summed E-state index contributed by atoms with van der Waals surface area (Å²) in [6.45, 7) is 4.53. The van der Waals surface area contributed by atoms with E-state index in [-0.39, 0.29) is 5.91 Å². The lowest BCUT2D eigenvalue weighted by Crippen LogP contribution is -2.31. The molecule has 31 heavy (non-hydrogen) atoms. The van der Waals surface area contributed by atoms with Gasteiger partial charge < -0.3 is 0 Å². The molecule has 0 radical (unpaired) electrons. The lowest BCUT2D eigenvalue weighted by molar-refractivity contribution is -0.118. The number of halogens is 1. The second kappa shape index (κ2) is 9.81. The third kappa shape index (κ3) is 5.09. The Balaban J connectivity index is 1.65. The molecule has 0 saturated heterocycles. The van der Waals surface area contributed by atoms with Crippen LogP contribution >= 0.6 is 34.7 Å². The zero-order chi connectivity index (χ0) is 21.8. The van der Waals surface area contributed by atoms with Crippen molar-refractivity contribution < 1.29 is 4.79 Å². The molecule has 0 aliphatic carbocycles. The summed E-state index contributed by atoms with van der Waals surface area (Å²) in [6.07, 6.45) is 3.80. The largest absolute Gasteiger partial charge is 0.283 e. The average Bonchev–Trinajstić information content (AvgIpc) is 3.21. The third-order valence-corrected chi connectivity index (χ3v) is 7.30. The summed E-state index contributed by atoms with van der Waals surface area (Å²) in [6, 6.07) is 15.9. The molecule has 2 heterocycles. The Morgan fingerprint density at radius 1 is 1.06 bits per heavy atom. The predicted octanol–water partition coefficient (Wildman–Crippen LogP) is 6.54. The van der Waals surface area contributed by atoms with Crippen LogP contribution in [0, 0.1) is 6.92 Å². The van der Waals surface area contributed by atoms with Crippen LogP contribution < -0.4 is 4.90 Å². The van der Waals surface area contributed by atoms with E-state index in [0.29, 0.717) is 23.1 Å². The maximum Gasteiger partial charge on any atom is 0.233 e. The number of carbonyl (C=O) groups excluding carboxylic acids is 1. The fraction of sp³-hybridized carbons (Fsp3) is 0.208. The summed E-state index contributed by atoms with van der Waals surface area (Å²) in [5.41, 5.74) is 3.78. The number of carbonyl (C=O) groups is 1. The molecule has 0 bridgehead atoms. The van der Waals surface area contributed by atoms with Gasteiger partial charge in [0.25, 0.3) is 0 Å². The van der Waals surface area contributed by atoms with Crippen molar-refractivity contribution in [3.8, 4) is 0 Å². The molecule has 0 aliphatic heterocycles. The molecule has 0 atom stereocenters. The van der Waals surface area contributed by atoms with Crippen LogP contribution in [0.25, 0.3) is 10.2 Å². The van der Waals surface area contributed by atoms with Crippen LogP contribution in [0.2, 0.25) is 5.02 Å². The fourth-order valence-electron chi connectivity index (χ4n) is 3.28. The Hall–Kier alpha value is -2.41. The maximum absolute atomic E-state index is 13.4. The van der Waals surface area contributed by atoms with Gasteiger partial charge in [-0.3, -0.25) is 14.7 Å². The second-order valence-corrected chi connectivity index (χ2v) is 9.86. The number of aryl methyl sites for hydroxylation is 1. The van der Waals surface area contributed by atoms with Gasteiger partial charge in [-0.2, -0.15) is 0 Å². The number of anilines is 1. The Morgan fingerprint density at radius 3 is 2.52 bits per heavy atom. The summed E-state index contributed by atoms with van der Waals surface area (Å²) in [5, 5.41) is 1.36. The molecule has 0 aliphatic rings. The lowest BCUT2D eigenvalue weighted by atomic mass is 10.1. The SMILES string of the molecule is CCSc1ccc(CC(=O)N(Cc2ccncc2)c2nc3c(C)c(Cl)ccc3s2)cc1. The van der Waals surface area contributed by atoms with E-state index in [1.54, 1.807) is 29.1 Å². The highest BCUT2D eigenvalue weighted by molar-refractivity contribution is 7.99. The predicted molar refractivity (Wildman–Crippen MR) is 131 cm³/mol. The first-order chi connectivity index (χ1) is 15.0. The number of nitrogens with zero attached hydrogens (tertiary/aromatic N) is 3. The average molecular weight is 468 g/mol. The fourth-order valence-corrected chi connectivity index (χ4v) is 5.13. The van der Waals surface area contributed by atoms with E-state index in [0.717, 1.165) is 32.7 Å². The van der Waals surface area contributed by atoms with E-state index < -0.39 is 0 Å². The minimum absolute atomic E-state index is 0.00973. The van der Waals surface area contributed by atoms with E-state index in [9.17, 15) is 4.79 Å². The molecule has 0 spiro atoms.